The lowest BCUT2D eigenvalue weighted by Gasteiger charge is -2.27. The van der Waals surface area contributed by atoms with E-state index < -0.39 is 0 Å². The molecule has 2 rings (SSSR count). The number of hydrogen-bond donors (Lipinski definition) is 2. The molecule has 0 aromatic carbocycles. The van der Waals surface area contributed by atoms with Gasteiger partial charge in [-0.3, -0.25) is 0 Å². The molecule has 2 fully saturated rings. The Morgan fingerprint density at radius 2 is 2.21 bits per heavy atom. The van der Waals surface area contributed by atoms with Crippen LogP contribution in [0.1, 0.15) is 19.3 Å². The molecule has 0 saturated carbocycles. The number of hydrogen-bond acceptors (Lipinski definition) is 3. The van der Waals surface area contributed by atoms with E-state index in [2.05, 4.69) is 10.2 Å². The summed E-state index contributed by atoms with van der Waals surface area (Å²) in [6.45, 7) is 6.33. The summed E-state index contributed by atoms with van der Waals surface area (Å²) < 4.78 is 0. The second kappa shape index (κ2) is 5.10. The van der Waals surface area contributed by atoms with E-state index in [1.54, 1.807) is 0 Å². The third kappa shape index (κ3) is 2.69. The summed E-state index contributed by atoms with van der Waals surface area (Å²) in [5, 5.41) is 12.5. The lowest BCUT2D eigenvalue weighted by molar-refractivity contribution is 0.204. The lowest BCUT2D eigenvalue weighted by Crippen LogP contribution is -2.37. The summed E-state index contributed by atoms with van der Waals surface area (Å²) in [5.41, 5.74) is 0. The van der Waals surface area contributed by atoms with Crippen LogP contribution in [0.15, 0.2) is 0 Å². The quantitative estimate of drug-likeness (QED) is 0.684. The third-order valence-corrected chi connectivity index (χ3v) is 3.54. The zero-order chi connectivity index (χ0) is 9.80. The smallest absolute Gasteiger partial charge is 0.0471 e. The topological polar surface area (TPSA) is 35.5 Å². The van der Waals surface area contributed by atoms with Crippen molar-refractivity contribution < 1.29 is 5.11 Å². The first kappa shape index (κ1) is 10.4. The Bertz CT molecular complexity index is 169. The fourth-order valence-corrected chi connectivity index (χ4v) is 2.67. The van der Waals surface area contributed by atoms with Gasteiger partial charge in [0.25, 0.3) is 0 Å². The van der Waals surface area contributed by atoms with Gasteiger partial charge in [0, 0.05) is 19.7 Å². The number of rotatable bonds is 3. The van der Waals surface area contributed by atoms with Gasteiger partial charge >= 0.3 is 0 Å². The maximum absolute atomic E-state index is 9.05. The number of piperidine rings is 1. The van der Waals surface area contributed by atoms with Gasteiger partial charge in [-0.05, 0) is 50.7 Å². The number of nitrogens with zero attached hydrogens (tertiary/aromatic N) is 1. The van der Waals surface area contributed by atoms with E-state index in [0.29, 0.717) is 12.5 Å². The standard InChI is InChI=1S/C11H22N2O/c14-9-11-3-5-13(8-11)7-10-2-1-4-12-6-10/h10-12,14H,1-9H2. The van der Waals surface area contributed by atoms with Gasteiger partial charge in [0.2, 0.25) is 0 Å². The molecule has 3 heteroatoms. The Kier molecular flexibility index (Phi) is 3.79. The van der Waals surface area contributed by atoms with E-state index in [9.17, 15) is 0 Å². The summed E-state index contributed by atoms with van der Waals surface area (Å²) in [5.74, 6) is 1.40. The average Bonchev–Trinajstić information content (AvgIpc) is 2.67. The van der Waals surface area contributed by atoms with Crippen LogP contribution in [-0.2, 0) is 0 Å². The largest absolute Gasteiger partial charge is 0.396 e. The van der Waals surface area contributed by atoms with Gasteiger partial charge in [0.1, 0.15) is 0 Å². The highest BCUT2D eigenvalue weighted by molar-refractivity contribution is 4.79. The normalized spacial score (nSPS) is 34.9. The molecular weight excluding hydrogens is 176 g/mol. The van der Waals surface area contributed by atoms with Crippen LogP contribution >= 0.6 is 0 Å². The molecule has 0 amide bonds. The van der Waals surface area contributed by atoms with Crippen molar-refractivity contribution in [2.75, 3.05) is 39.3 Å². The van der Waals surface area contributed by atoms with Crippen molar-refractivity contribution in [3.63, 3.8) is 0 Å². The summed E-state index contributed by atoms with van der Waals surface area (Å²) in [6.07, 6.45) is 3.91. The maximum atomic E-state index is 9.05. The van der Waals surface area contributed by atoms with Crippen molar-refractivity contribution in [2.24, 2.45) is 11.8 Å². The molecule has 82 valence electrons. The fraction of sp³-hybridized carbons (Fsp3) is 1.00. The van der Waals surface area contributed by atoms with Crippen molar-refractivity contribution in [1.82, 2.24) is 10.2 Å². The molecule has 2 saturated heterocycles. The monoisotopic (exact) mass is 198 g/mol. The Morgan fingerprint density at radius 1 is 1.29 bits per heavy atom. The van der Waals surface area contributed by atoms with Crippen LogP contribution in [0, 0.1) is 11.8 Å². The van der Waals surface area contributed by atoms with Gasteiger partial charge in [-0.1, -0.05) is 0 Å². The molecule has 2 aliphatic heterocycles. The number of aliphatic hydroxyl groups excluding tert-OH is 1. The van der Waals surface area contributed by atoms with Crippen LogP contribution in [0.25, 0.3) is 0 Å². The van der Waals surface area contributed by atoms with Crippen LogP contribution in [0.3, 0.4) is 0 Å². The van der Waals surface area contributed by atoms with Gasteiger partial charge in [-0.2, -0.15) is 0 Å². The van der Waals surface area contributed by atoms with Crippen molar-refractivity contribution in [2.45, 2.75) is 19.3 Å². The second-order valence-corrected chi connectivity index (χ2v) is 4.81. The van der Waals surface area contributed by atoms with Gasteiger partial charge in [0.15, 0.2) is 0 Å². The lowest BCUT2D eigenvalue weighted by atomic mass is 9.99. The molecule has 14 heavy (non-hydrogen) atoms. The van der Waals surface area contributed by atoms with Crippen LogP contribution in [0.4, 0.5) is 0 Å². The summed E-state index contributed by atoms with van der Waals surface area (Å²) in [7, 11) is 0. The number of nitrogens with one attached hydrogen (secondary N) is 1. The van der Waals surface area contributed by atoms with Gasteiger partial charge in [-0.25, -0.2) is 0 Å². The van der Waals surface area contributed by atoms with Crippen LogP contribution < -0.4 is 5.32 Å². The van der Waals surface area contributed by atoms with Gasteiger partial charge in [-0.15, -0.1) is 0 Å². The minimum Gasteiger partial charge on any atom is -0.396 e. The zero-order valence-electron chi connectivity index (χ0n) is 8.91. The zero-order valence-corrected chi connectivity index (χ0v) is 8.91. The molecule has 0 aromatic rings. The van der Waals surface area contributed by atoms with Crippen LogP contribution in [-0.4, -0.2) is 49.3 Å². The van der Waals surface area contributed by atoms with Crippen molar-refractivity contribution in [3.8, 4) is 0 Å². The molecule has 2 N–H and O–H groups in total. The molecule has 2 heterocycles. The van der Waals surface area contributed by atoms with Crippen molar-refractivity contribution >= 4 is 0 Å². The highest BCUT2D eigenvalue weighted by Gasteiger charge is 2.24. The van der Waals surface area contributed by atoms with Gasteiger partial charge in [0.05, 0.1) is 0 Å². The van der Waals surface area contributed by atoms with E-state index in [-0.39, 0.29) is 0 Å². The molecule has 0 aliphatic carbocycles. The molecule has 2 aliphatic rings. The molecule has 0 spiro atoms. The van der Waals surface area contributed by atoms with E-state index in [1.165, 1.54) is 45.4 Å². The molecule has 3 nitrogen and oxygen atoms in total. The first-order chi connectivity index (χ1) is 6.88. The van der Waals surface area contributed by atoms with Crippen LogP contribution in [0.2, 0.25) is 0 Å². The first-order valence-electron chi connectivity index (χ1n) is 5.92. The second-order valence-electron chi connectivity index (χ2n) is 4.81. The Balaban J connectivity index is 1.69. The van der Waals surface area contributed by atoms with Gasteiger partial charge < -0.3 is 15.3 Å². The fourth-order valence-electron chi connectivity index (χ4n) is 2.67. The highest BCUT2D eigenvalue weighted by atomic mass is 16.3. The summed E-state index contributed by atoms with van der Waals surface area (Å²) in [4.78, 5) is 2.53. The minimum atomic E-state index is 0.374. The Hall–Kier alpha value is -0.120. The van der Waals surface area contributed by atoms with Crippen molar-refractivity contribution in [1.29, 1.82) is 0 Å². The Labute approximate surface area is 86.5 Å². The van der Waals surface area contributed by atoms with E-state index in [1.807, 2.05) is 0 Å². The SMILES string of the molecule is OCC1CCN(CC2CCCNC2)C1. The summed E-state index contributed by atoms with van der Waals surface area (Å²) in [6, 6.07) is 0. The van der Waals surface area contributed by atoms with Crippen molar-refractivity contribution in [3.05, 3.63) is 0 Å². The Morgan fingerprint density at radius 3 is 2.86 bits per heavy atom. The molecule has 2 atom stereocenters. The highest BCUT2D eigenvalue weighted by Crippen LogP contribution is 2.19. The van der Waals surface area contributed by atoms with Crippen LogP contribution in [0.5, 0.6) is 0 Å². The minimum absolute atomic E-state index is 0.374. The predicted molar refractivity (Wildman–Crippen MR) is 57.2 cm³/mol. The molecule has 0 bridgehead atoms. The molecule has 0 aromatic heterocycles. The molecule has 0 radical (unpaired) electrons. The first-order valence-corrected chi connectivity index (χ1v) is 5.92. The third-order valence-electron chi connectivity index (χ3n) is 3.54. The summed E-state index contributed by atoms with van der Waals surface area (Å²) >= 11 is 0. The maximum Gasteiger partial charge on any atom is 0.0471 e. The molecule has 2 unspecified atom stereocenters. The van der Waals surface area contributed by atoms with E-state index in [0.717, 1.165) is 12.5 Å². The molecular formula is C11H22N2O. The average molecular weight is 198 g/mol. The number of aliphatic hydroxyl groups is 1. The van der Waals surface area contributed by atoms with E-state index >= 15 is 0 Å². The van der Waals surface area contributed by atoms with E-state index in [4.69, 9.17) is 5.11 Å². The number of likely N-dealkylation sites (tertiary alicyclic amines) is 1. The predicted octanol–water partition coefficient (Wildman–Crippen LogP) is 0.300.